The summed E-state index contributed by atoms with van der Waals surface area (Å²) in [6, 6.07) is 21.0. The number of nitrogens with two attached hydrogens (primary N) is 1. The van der Waals surface area contributed by atoms with Gasteiger partial charge in [-0.25, -0.2) is 22.4 Å². The maximum absolute atomic E-state index is 14.2. The number of hydrogen-bond donors (Lipinski definition) is 5. The summed E-state index contributed by atoms with van der Waals surface area (Å²) in [5.41, 5.74) is 9.77. The molecule has 2 saturated carbocycles. The van der Waals surface area contributed by atoms with E-state index < -0.39 is 57.2 Å². The molecule has 6 atom stereocenters. The Morgan fingerprint density at radius 3 is 1.76 bits per heavy atom. The van der Waals surface area contributed by atoms with E-state index in [9.17, 15) is 31.4 Å². The van der Waals surface area contributed by atoms with Gasteiger partial charge >= 0.3 is 5.97 Å². The van der Waals surface area contributed by atoms with Gasteiger partial charge in [0, 0.05) is 92.7 Å². The predicted molar refractivity (Wildman–Crippen MR) is 259 cm³/mol. The zero-order chi connectivity index (χ0) is 49.2. The molecule has 4 aromatic heterocycles. The van der Waals surface area contributed by atoms with E-state index in [-0.39, 0.29) is 49.0 Å². The number of anilines is 2. The maximum Gasteiger partial charge on any atom is 0.356 e. The highest BCUT2D eigenvalue weighted by Gasteiger charge is 2.79. The molecule has 0 radical (unpaired) electrons. The Hall–Kier alpha value is -5.76. The Labute approximate surface area is 408 Å². The summed E-state index contributed by atoms with van der Waals surface area (Å²) in [6.07, 6.45) is 11.9. The average molecular weight is 1000 g/mol. The summed E-state index contributed by atoms with van der Waals surface area (Å²) in [5, 5.41) is 33.9. The fourth-order valence-electron chi connectivity index (χ4n) is 11.6. The van der Waals surface area contributed by atoms with Crippen molar-refractivity contribution in [2.45, 2.75) is 89.1 Å². The van der Waals surface area contributed by atoms with Crippen molar-refractivity contribution >= 4 is 45.8 Å². The Morgan fingerprint density at radius 2 is 1.24 bits per heavy atom. The molecule has 2 aliphatic heterocycles. The number of aromatic carboxylic acids is 1. The molecule has 6 unspecified atom stereocenters. The van der Waals surface area contributed by atoms with Gasteiger partial charge in [-0.15, -0.1) is 0 Å². The minimum absolute atomic E-state index is 0.0351. The molecule has 12 rings (SSSR count). The number of aromatic amines is 2. The van der Waals surface area contributed by atoms with E-state index in [0.717, 1.165) is 24.1 Å². The molecule has 4 aliphatic carbocycles. The lowest BCUT2D eigenvalue weighted by atomic mass is 9.87. The quantitative estimate of drug-likeness (QED) is 0.0873. The number of benzene rings is 2. The highest BCUT2D eigenvalue weighted by Crippen LogP contribution is 2.71. The van der Waals surface area contributed by atoms with Crippen LogP contribution >= 0.6 is 11.8 Å². The Bertz CT molecular complexity index is 2890. The molecule has 370 valence electrons. The van der Waals surface area contributed by atoms with Gasteiger partial charge in [-0.05, 0) is 73.0 Å². The van der Waals surface area contributed by atoms with Crippen molar-refractivity contribution in [1.82, 2.24) is 40.0 Å². The van der Waals surface area contributed by atoms with Crippen molar-refractivity contribution in [1.29, 1.82) is 0 Å². The maximum atomic E-state index is 14.2. The van der Waals surface area contributed by atoms with E-state index in [1.54, 1.807) is 32.4 Å². The van der Waals surface area contributed by atoms with Gasteiger partial charge in [0.2, 0.25) is 0 Å². The van der Waals surface area contributed by atoms with E-state index in [1.807, 2.05) is 33.8 Å². The number of alkyl halides is 4. The van der Waals surface area contributed by atoms with Crippen LogP contribution < -0.4 is 11.1 Å². The molecule has 2 aromatic carbocycles. The first-order chi connectivity index (χ1) is 33.5. The third-order valence-electron chi connectivity index (χ3n) is 15.9. The number of H-pyrrole nitrogens is 2. The van der Waals surface area contributed by atoms with Crippen molar-refractivity contribution in [3.63, 3.8) is 0 Å². The Morgan fingerprint density at radius 1 is 0.757 bits per heavy atom. The Balaban J connectivity index is 0.000000136. The highest BCUT2D eigenvalue weighted by atomic mass is 32.2. The number of fused-ring (bicyclic) bond motifs is 4. The minimum atomic E-state index is -2.71. The molecule has 4 fully saturated rings. The molecule has 6 aliphatic rings. The summed E-state index contributed by atoms with van der Waals surface area (Å²) in [5.74, 6) is -3.64. The SMILES string of the molecule is CC12Cc3[nH]nc(C(=O)Nc4cnn(C(c5ccccc5)C5CCS(=O)CC5)c4)c3CC1C2(F)F.CC12Cc3[nH]nc(C(=O)O)c3CC1C2(F)F.Nc1cnn(C(c2ccccc2)C2CCSCC2)c1. The van der Waals surface area contributed by atoms with Crippen LogP contribution in [0.5, 0.6) is 0 Å². The van der Waals surface area contributed by atoms with Crippen LogP contribution in [-0.2, 0) is 36.5 Å². The van der Waals surface area contributed by atoms with Crippen LogP contribution in [-0.4, -0.2) is 96.0 Å². The number of halogens is 4. The minimum Gasteiger partial charge on any atom is -0.476 e. The van der Waals surface area contributed by atoms with Crippen LogP contribution in [0.3, 0.4) is 0 Å². The van der Waals surface area contributed by atoms with Gasteiger partial charge in [-0.1, -0.05) is 74.5 Å². The number of nitrogen functional groups attached to an aromatic ring is 1. The van der Waals surface area contributed by atoms with Gasteiger partial charge < -0.3 is 16.2 Å². The molecule has 6 heterocycles. The molecule has 2 saturated heterocycles. The van der Waals surface area contributed by atoms with Crippen molar-refractivity contribution in [3.8, 4) is 0 Å². The fourth-order valence-corrected chi connectivity index (χ4v) is 14.0. The van der Waals surface area contributed by atoms with Crippen LogP contribution in [0.25, 0.3) is 0 Å². The number of carbonyl (C=O) groups is 2. The van der Waals surface area contributed by atoms with E-state index in [1.165, 1.54) is 29.9 Å². The summed E-state index contributed by atoms with van der Waals surface area (Å²) in [7, 11) is -0.762. The van der Waals surface area contributed by atoms with Crippen molar-refractivity contribution in [2.24, 2.45) is 34.5 Å². The highest BCUT2D eigenvalue weighted by molar-refractivity contribution is 7.99. The summed E-state index contributed by atoms with van der Waals surface area (Å²) >= 11 is 2.06. The second kappa shape index (κ2) is 18.4. The summed E-state index contributed by atoms with van der Waals surface area (Å²) < 4.78 is 71.3. The first-order valence-corrected chi connectivity index (χ1v) is 26.4. The molecular formula is C50H56F4N10O4S2. The average Bonchev–Trinajstić information content (AvgIpc) is 3.92. The number of nitrogens with one attached hydrogen (secondary N) is 3. The van der Waals surface area contributed by atoms with E-state index in [0.29, 0.717) is 51.7 Å². The zero-order valence-corrected chi connectivity index (χ0v) is 40.4. The molecule has 6 aromatic rings. The van der Waals surface area contributed by atoms with Gasteiger partial charge in [0.05, 0.1) is 35.9 Å². The standard InChI is InChI=1S/C25H27F2N5O2S.C15H19N3S.C10H10F2N2O2/c1-24-12-19-18(11-20(24)25(24,26)27)21(31-30-19)23(33)29-17-13-28-32(14-17)22(15-5-3-2-4-6-15)16-7-9-35(34)10-8-16;16-14-10-17-18(11-14)15(12-4-2-1-3-5-12)13-6-8-19-9-7-13;1-9-3-5-4(2-6(9)10(9,11)12)7(8(15)16)14-13-5/h2-6,13-14,16,20,22H,7-12H2,1H3,(H,29,33)(H,30,31);1-5,10-11,13,15H,6-9,16H2;6H,2-3H2,1H3,(H,13,14)(H,15,16). The molecule has 1 amide bonds. The van der Waals surface area contributed by atoms with Crippen molar-refractivity contribution in [3.05, 3.63) is 130 Å². The van der Waals surface area contributed by atoms with E-state index in [4.69, 9.17) is 10.8 Å². The van der Waals surface area contributed by atoms with Crippen LogP contribution in [0.4, 0.5) is 28.9 Å². The molecular weight excluding hydrogens is 945 g/mol. The van der Waals surface area contributed by atoms with Crippen LogP contribution in [0.15, 0.2) is 85.5 Å². The number of rotatable bonds is 9. The van der Waals surface area contributed by atoms with E-state index in [2.05, 4.69) is 90.1 Å². The van der Waals surface area contributed by atoms with Gasteiger partial charge in [0.1, 0.15) is 0 Å². The number of amides is 1. The van der Waals surface area contributed by atoms with Crippen LogP contribution in [0.1, 0.15) is 106 Å². The van der Waals surface area contributed by atoms with Gasteiger partial charge in [0.25, 0.3) is 17.8 Å². The third-order valence-corrected chi connectivity index (χ3v) is 18.4. The second-order valence-electron chi connectivity index (χ2n) is 20.1. The van der Waals surface area contributed by atoms with Gasteiger partial charge in [0.15, 0.2) is 11.4 Å². The van der Waals surface area contributed by atoms with Gasteiger partial charge in [-0.2, -0.15) is 32.2 Å². The number of hydrogen-bond acceptors (Lipinski definition) is 9. The Kier molecular flexibility index (Phi) is 12.6. The fraction of sp³-hybridized carbons (Fsp3) is 0.480. The lowest BCUT2D eigenvalue weighted by Crippen LogP contribution is -2.28. The first-order valence-electron chi connectivity index (χ1n) is 23.8. The van der Waals surface area contributed by atoms with Crippen molar-refractivity contribution in [2.75, 3.05) is 34.1 Å². The molecule has 0 bridgehead atoms. The number of carbonyl (C=O) groups excluding carboxylic acids is 1. The van der Waals surface area contributed by atoms with Crippen LogP contribution in [0, 0.1) is 34.5 Å². The van der Waals surface area contributed by atoms with E-state index >= 15 is 0 Å². The predicted octanol–water partition coefficient (Wildman–Crippen LogP) is 8.65. The molecule has 70 heavy (non-hydrogen) atoms. The van der Waals surface area contributed by atoms with Gasteiger partial charge in [-0.3, -0.25) is 28.6 Å². The first kappa shape index (κ1) is 47.9. The number of aromatic nitrogens is 8. The summed E-state index contributed by atoms with van der Waals surface area (Å²) in [4.78, 5) is 23.9. The second-order valence-corrected chi connectivity index (χ2v) is 23.0. The normalized spacial score (nSPS) is 27.6. The molecule has 20 heteroatoms. The number of carboxylic acid groups (broad SMARTS) is 1. The molecule has 14 nitrogen and oxygen atoms in total. The lowest BCUT2D eigenvalue weighted by molar-refractivity contribution is 0.0626. The summed E-state index contributed by atoms with van der Waals surface area (Å²) in [6.45, 7) is 3.14. The lowest BCUT2D eigenvalue weighted by Gasteiger charge is -2.30. The van der Waals surface area contributed by atoms with Crippen molar-refractivity contribution < 1.29 is 36.5 Å². The third kappa shape index (κ3) is 8.65. The number of nitrogens with zero attached hydrogens (tertiary/aromatic N) is 6. The monoisotopic (exact) mass is 1000 g/mol. The number of carboxylic acids is 1. The topological polar surface area (TPSA) is 202 Å². The number of thioether (sulfide) groups is 1. The smallest absolute Gasteiger partial charge is 0.356 e. The zero-order valence-electron chi connectivity index (χ0n) is 38.8. The van der Waals surface area contributed by atoms with Crippen LogP contribution in [0.2, 0.25) is 0 Å². The molecule has 0 spiro atoms. The largest absolute Gasteiger partial charge is 0.476 e. The molecule has 6 N–H and O–H groups in total.